The third-order valence-corrected chi connectivity index (χ3v) is 15.2. The van der Waals surface area contributed by atoms with E-state index in [2.05, 4.69) is 33.8 Å². The Morgan fingerprint density at radius 2 is 1.57 bits per heavy atom. The number of phenols is 1. The standard InChI is InChI=1S/C19H30O3.C18H24O2/c1-17-11-22-16(20)10-12(17)4-5-13-14(17)6-8-18(2)15(13)7-9-19(18,3)21;1-18-9-8-14-13-5-3-12(19)10-11(13)2-4-15(14)16(18)6-7-17(18)20/h12-15,21H,4-11H2,1-3H3;3,5,10,14-17,19-20H,2,4,6-9H2,1H3/t12-,13+,14-,15-,17-,18-,19-;14-,15-,16+,17+,18+/m01/s1. The minimum absolute atomic E-state index is 0.00497. The molecule has 1 saturated heterocycles. The van der Waals surface area contributed by atoms with Gasteiger partial charge in [-0.1, -0.05) is 26.8 Å². The fourth-order valence-electron chi connectivity index (χ4n) is 12.4. The number of benzene rings is 1. The monoisotopic (exact) mass is 578 g/mol. The van der Waals surface area contributed by atoms with Gasteiger partial charge >= 0.3 is 5.97 Å². The molecule has 6 aliphatic carbocycles. The number of cyclic esters (lactones) is 1. The van der Waals surface area contributed by atoms with Crippen molar-refractivity contribution in [1.82, 2.24) is 0 Å². The van der Waals surface area contributed by atoms with Gasteiger partial charge in [-0.3, -0.25) is 4.79 Å². The molecule has 12 atom stereocenters. The second-order valence-corrected chi connectivity index (χ2v) is 16.7. The lowest BCUT2D eigenvalue weighted by atomic mass is 9.46. The number of ether oxygens (including phenoxy) is 1. The lowest BCUT2D eigenvalue weighted by Crippen LogP contribution is -2.57. The smallest absolute Gasteiger partial charge is 0.306 e. The van der Waals surface area contributed by atoms with Crippen LogP contribution in [-0.2, 0) is 16.0 Å². The molecule has 232 valence electrons. The van der Waals surface area contributed by atoms with Crippen molar-refractivity contribution in [3.05, 3.63) is 29.3 Å². The van der Waals surface area contributed by atoms with Crippen molar-refractivity contribution in [2.45, 2.75) is 129 Å². The average Bonchev–Trinajstić information content (AvgIpc) is 3.40. The predicted octanol–water partition coefficient (Wildman–Crippen LogP) is 7.15. The molecule has 5 nitrogen and oxygen atoms in total. The molecular formula is C37H54O5. The van der Waals surface area contributed by atoms with Crippen LogP contribution in [0, 0.1) is 51.8 Å². The van der Waals surface area contributed by atoms with Gasteiger partial charge in [-0.05, 0) is 159 Å². The summed E-state index contributed by atoms with van der Waals surface area (Å²) in [6.07, 6.45) is 14.3. The van der Waals surface area contributed by atoms with E-state index in [0.29, 0.717) is 54.3 Å². The van der Waals surface area contributed by atoms with E-state index in [1.807, 2.05) is 12.1 Å². The van der Waals surface area contributed by atoms with Crippen molar-refractivity contribution >= 4 is 5.97 Å². The molecule has 5 heteroatoms. The molecule has 0 radical (unpaired) electrons. The highest BCUT2D eigenvalue weighted by Crippen LogP contribution is 2.67. The third kappa shape index (κ3) is 4.18. The maximum atomic E-state index is 11.7. The van der Waals surface area contributed by atoms with Crippen LogP contribution < -0.4 is 0 Å². The number of carbonyl (C=O) groups excluding carboxylic acids is 1. The molecule has 6 fully saturated rings. The normalized spacial score (nSPS) is 50.5. The summed E-state index contributed by atoms with van der Waals surface area (Å²) in [6.45, 7) is 9.70. The van der Waals surface area contributed by atoms with Gasteiger partial charge in [-0.15, -0.1) is 0 Å². The Kier molecular flexibility index (Phi) is 6.91. The van der Waals surface area contributed by atoms with Gasteiger partial charge in [0.2, 0.25) is 0 Å². The van der Waals surface area contributed by atoms with Crippen LogP contribution in [0.4, 0.5) is 0 Å². The van der Waals surface area contributed by atoms with Crippen molar-refractivity contribution < 1.29 is 24.9 Å². The molecule has 1 aromatic rings. The molecular weight excluding hydrogens is 524 g/mol. The van der Waals surface area contributed by atoms with Crippen LogP contribution in [0.5, 0.6) is 5.75 Å². The average molecular weight is 579 g/mol. The Bertz CT molecular complexity index is 1220. The fraction of sp³-hybridized carbons (Fsp3) is 0.811. The molecule has 0 amide bonds. The molecule has 1 aromatic carbocycles. The SMILES string of the molecule is C[C@]12CC[C@@H]3c4ccc(O)cc4CC[C@H]3[C@@H]1CC[C@@H]2O.C[C@]12COC(=O)C[C@@H]1CC[C@@H]1[C@@H]2CC[C@@]2(C)[C@H]1CC[C@]2(C)O. The van der Waals surface area contributed by atoms with Gasteiger partial charge < -0.3 is 20.1 Å². The van der Waals surface area contributed by atoms with Gasteiger partial charge in [0, 0.05) is 11.8 Å². The zero-order valence-electron chi connectivity index (χ0n) is 26.4. The maximum absolute atomic E-state index is 11.7. The van der Waals surface area contributed by atoms with E-state index in [1.165, 1.54) is 56.1 Å². The topological polar surface area (TPSA) is 87.0 Å². The number of esters is 1. The lowest BCUT2D eigenvalue weighted by molar-refractivity contribution is -0.186. The number of aliphatic hydroxyl groups is 2. The fourth-order valence-corrected chi connectivity index (χ4v) is 12.4. The zero-order valence-corrected chi connectivity index (χ0v) is 26.4. The van der Waals surface area contributed by atoms with Gasteiger partial charge in [-0.2, -0.15) is 0 Å². The maximum Gasteiger partial charge on any atom is 0.306 e. The molecule has 1 heterocycles. The summed E-state index contributed by atoms with van der Waals surface area (Å²) in [6, 6.07) is 5.96. The Morgan fingerprint density at radius 3 is 2.38 bits per heavy atom. The summed E-state index contributed by atoms with van der Waals surface area (Å²) >= 11 is 0. The van der Waals surface area contributed by atoms with Gasteiger partial charge in [-0.25, -0.2) is 0 Å². The van der Waals surface area contributed by atoms with Crippen LogP contribution in [0.15, 0.2) is 18.2 Å². The molecule has 42 heavy (non-hydrogen) atoms. The zero-order chi connectivity index (χ0) is 29.7. The summed E-state index contributed by atoms with van der Waals surface area (Å²) in [5.41, 5.74) is 2.75. The van der Waals surface area contributed by atoms with Crippen LogP contribution in [0.2, 0.25) is 0 Å². The van der Waals surface area contributed by atoms with Gasteiger partial charge in [0.15, 0.2) is 0 Å². The number of hydrogen-bond acceptors (Lipinski definition) is 5. The highest BCUT2D eigenvalue weighted by atomic mass is 16.5. The predicted molar refractivity (Wildman–Crippen MR) is 163 cm³/mol. The first-order chi connectivity index (χ1) is 19.9. The summed E-state index contributed by atoms with van der Waals surface area (Å²) in [4.78, 5) is 11.7. The van der Waals surface area contributed by atoms with E-state index < -0.39 is 5.60 Å². The molecule has 0 aromatic heterocycles. The molecule has 3 N–H and O–H groups in total. The number of carbonyl (C=O) groups is 1. The first kappa shape index (κ1) is 29.1. The number of aromatic hydroxyl groups is 1. The molecule has 8 rings (SSSR count). The highest BCUT2D eigenvalue weighted by Gasteiger charge is 2.63. The second-order valence-electron chi connectivity index (χ2n) is 16.7. The molecule has 5 saturated carbocycles. The molecule has 7 aliphatic rings. The molecule has 0 unspecified atom stereocenters. The number of rotatable bonds is 0. The van der Waals surface area contributed by atoms with E-state index in [1.54, 1.807) is 0 Å². The Hall–Kier alpha value is -1.59. The van der Waals surface area contributed by atoms with E-state index in [-0.39, 0.29) is 28.3 Å². The number of aryl methyl sites for hydroxylation is 1. The Morgan fingerprint density at radius 1 is 0.810 bits per heavy atom. The van der Waals surface area contributed by atoms with Crippen LogP contribution in [0.1, 0.15) is 122 Å². The van der Waals surface area contributed by atoms with Gasteiger partial charge in [0.25, 0.3) is 0 Å². The number of aliphatic hydroxyl groups excluding tert-OH is 1. The van der Waals surface area contributed by atoms with E-state index >= 15 is 0 Å². The summed E-state index contributed by atoms with van der Waals surface area (Å²) in [5, 5.41) is 31.0. The van der Waals surface area contributed by atoms with Crippen LogP contribution in [0.25, 0.3) is 0 Å². The molecule has 0 bridgehead atoms. The first-order valence-corrected chi connectivity index (χ1v) is 17.3. The number of hydrogen-bond donors (Lipinski definition) is 3. The van der Waals surface area contributed by atoms with Crippen molar-refractivity contribution in [2.75, 3.05) is 6.61 Å². The lowest BCUT2D eigenvalue weighted by Gasteiger charge is -2.60. The Labute approximate surface area is 252 Å². The molecule has 0 spiro atoms. The number of phenolic OH excluding ortho intramolecular Hbond substituents is 1. The van der Waals surface area contributed by atoms with Crippen LogP contribution in [0.3, 0.4) is 0 Å². The van der Waals surface area contributed by atoms with Crippen molar-refractivity contribution in [3.8, 4) is 5.75 Å². The minimum atomic E-state index is -0.501. The quantitative estimate of drug-likeness (QED) is 0.285. The van der Waals surface area contributed by atoms with E-state index in [9.17, 15) is 20.1 Å². The van der Waals surface area contributed by atoms with E-state index in [4.69, 9.17) is 4.74 Å². The number of fused-ring (bicyclic) bond motifs is 10. The van der Waals surface area contributed by atoms with Crippen molar-refractivity contribution in [1.29, 1.82) is 0 Å². The minimum Gasteiger partial charge on any atom is -0.508 e. The second kappa shape index (κ2) is 9.96. The van der Waals surface area contributed by atoms with Crippen molar-refractivity contribution in [3.63, 3.8) is 0 Å². The highest BCUT2D eigenvalue weighted by molar-refractivity contribution is 5.70. The third-order valence-electron chi connectivity index (χ3n) is 15.2. The Balaban J connectivity index is 0.000000138. The van der Waals surface area contributed by atoms with Crippen molar-refractivity contribution in [2.24, 2.45) is 51.8 Å². The van der Waals surface area contributed by atoms with Gasteiger partial charge in [0.05, 0.1) is 18.3 Å². The van der Waals surface area contributed by atoms with Crippen LogP contribution in [-0.4, -0.2) is 39.6 Å². The first-order valence-electron chi connectivity index (χ1n) is 17.3. The summed E-state index contributed by atoms with van der Waals surface area (Å²) in [5.74, 6) is 5.04. The summed E-state index contributed by atoms with van der Waals surface area (Å²) < 4.78 is 5.49. The van der Waals surface area contributed by atoms with Crippen LogP contribution >= 0.6 is 0 Å². The van der Waals surface area contributed by atoms with E-state index in [0.717, 1.165) is 38.0 Å². The largest absolute Gasteiger partial charge is 0.508 e. The molecule has 1 aliphatic heterocycles. The summed E-state index contributed by atoms with van der Waals surface area (Å²) in [7, 11) is 0. The van der Waals surface area contributed by atoms with Gasteiger partial charge in [0.1, 0.15) is 5.75 Å².